The third kappa shape index (κ3) is 8.32. The number of ether oxygens (including phenoxy) is 2. The van der Waals surface area contributed by atoms with Gasteiger partial charge < -0.3 is 19.7 Å². The summed E-state index contributed by atoms with van der Waals surface area (Å²) in [7, 11) is -4.41. The van der Waals surface area contributed by atoms with E-state index in [4.69, 9.17) is 9.47 Å². The first kappa shape index (κ1) is 34.4. The van der Waals surface area contributed by atoms with Crippen LogP contribution in [0.1, 0.15) is 37.0 Å². The van der Waals surface area contributed by atoms with Crippen molar-refractivity contribution in [3.8, 4) is 11.5 Å². The van der Waals surface area contributed by atoms with Crippen LogP contribution in [0, 0.1) is 12.7 Å². The molecule has 0 radical (unpaired) electrons. The molecule has 11 heteroatoms. The summed E-state index contributed by atoms with van der Waals surface area (Å²) in [5.74, 6) is -0.852. The standard InChI is InChI=1S/C37H40FN3O6S/c1-4-27(3)39-37(43)33(22-28-10-6-5-7-11-28)40(24-29-12-8-9-26(2)21-29)36(42)25-41(31-15-13-30(38)14-16-31)48(44,45)32-17-18-34-35(23-32)47-20-19-46-34/h5-18,21,23,27,33H,4,19-20,22,24-25H2,1-3H3,(H,39,43)/t27-,33-/m1/s1. The van der Waals surface area contributed by atoms with Crippen LogP contribution in [0.3, 0.4) is 0 Å². The van der Waals surface area contributed by atoms with Crippen LogP contribution in [0.5, 0.6) is 11.5 Å². The smallest absolute Gasteiger partial charge is 0.264 e. The van der Waals surface area contributed by atoms with E-state index in [1.54, 1.807) is 0 Å². The van der Waals surface area contributed by atoms with E-state index in [1.807, 2.05) is 75.4 Å². The summed E-state index contributed by atoms with van der Waals surface area (Å²) in [4.78, 5) is 29.9. The Hall–Kier alpha value is -4.90. The Morgan fingerprint density at radius 2 is 1.56 bits per heavy atom. The molecule has 0 unspecified atom stereocenters. The van der Waals surface area contributed by atoms with Gasteiger partial charge in [-0.3, -0.25) is 13.9 Å². The topological polar surface area (TPSA) is 105 Å². The Balaban J connectivity index is 1.58. The molecule has 1 heterocycles. The monoisotopic (exact) mass is 673 g/mol. The van der Waals surface area contributed by atoms with Crippen LogP contribution in [-0.2, 0) is 32.6 Å². The molecule has 5 rings (SSSR count). The van der Waals surface area contributed by atoms with Crippen molar-refractivity contribution in [1.82, 2.24) is 10.2 Å². The minimum Gasteiger partial charge on any atom is -0.486 e. The average molecular weight is 674 g/mol. The van der Waals surface area contributed by atoms with Gasteiger partial charge in [0.2, 0.25) is 11.8 Å². The summed E-state index contributed by atoms with van der Waals surface area (Å²) >= 11 is 0. The van der Waals surface area contributed by atoms with E-state index >= 15 is 0 Å². The van der Waals surface area contributed by atoms with Gasteiger partial charge in [0.15, 0.2) is 11.5 Å². The molecule has 1 N–H and O–H groups in total. The molecule has 0 bridgehead atoms. The van der Waals surface area contributed by atoms with Crippen LogP contribution in [-0.4, -0.2) is 57.0 Å². The molecule has 252 valence electrons. The molecule has 48 heavy (non-hydrogen) atoms. The molecule has 9 nitrogen and oxygen atoms in total. The van der Waals surface area contributed by atoms with Gasteiger partial charge in [-0.25, -0.2) is 12.8 Å². The maximum atomic E-state index is 14.6. The maximum absolute atomic E-state index is 14.6. The molecule has 1 aliphatic heterocycles. The first-order valence-electron chi connectivity index (χ1n) is 15.9. The highest BCUT2D eigenvalue weighted by Gasteiger charge is 2.35. The zero-order valence-corrected chi connectivity index (χ0v) is 28.1. The summed E-state index contributed by atoms with van der Waals surface area (Å²) in [5, 5.41) is 3.03. The number of aryl methyl sites for hydroxylation is 1. The Labute approximate surface area is 281 Å². The molecule has 4 aromatic rings. The van der Waals surface area contributed by atoms with Crippen molar-refractivity contribution in [3.63, 3.8) is 0 Å². The zero-order valence-electron chi connectivity index (χ0n) is 27.3. The van der Waals surface area contributed by atoms with Crippen LogP contribution in [0.25, 0.3) is 0 Å². The van der Waals surface area contributed by atoms with Crippen molar-refractivity contribution in [3.05, 3.63) is 120 Å². The summed E-state index contributed by atoms with van der Waals surface area (Å²) in [6.45, 7) is 5.76. The molecule has 2 amide bonds. The fourth-order valence-corrected chi connectivity index (χ4v) is 6.88. The number of amides is 2. The lowest BCUT2D eigenvalue weighted by Crippen LogP contribution is -2.54. The van der Waals surface area contributed by atoms with Gasteiger partial charge in [0, 0.05) is 25.1 Å². The molecule has 0 aromatic heterocycles. The van der Waals surface area contributed by atoms with Crippen molar-refractivity contribution < 1.29 is 31.9 Å². The zero-order chi connectivity index (χ0) is 34.3. The second-order valence-corrected chi connectivity index (χ2v) is 13.7. The van der Waals surface area contributed by atoms with Gasteiger partial charge in [-0.05, 0) is 67.8 Å². The van der Waals surface area contributed by atoms with E-state index in [0.717, 1.165) is 33.1 Å². The van der Waals surface area contributed by atoms with Gasteiger partial charge in [-0.1, -0.05) is 67.1 Å². The number of sulfonamides is 1. The number of carbonyl (C=O) groups is 2. The van der Waals surface area contributed by atoms with Crippen molar-refractivity contribution in [1.29, 1.82) is 0 Å². The molecule has 2 atom stereocenters. The third-order valence-corrected chi connectivity index (χ3v) is 9.97. The van der Waals surface area contributed by atoms with E-state index < -0.39 is 34.3 Å². The highest BCUT2D eigenvalue weighted by molar-refractivity contribution is 7.92. The molecule has 0 saturated heterocycles. The number of carbonyl (C=O) groups excluding carboxylic acids is 2. The van der Waals surface area contributed by atoms with Crippen molar-refractivity contribution in [2.45, 2.75) is 57.1 Å². The van der Waals surface area contributed by atoms with Gasteiger partial charge in [-0.2, -0.15) is 0 Å². The molecular formula is C37H40FN3O6S. The number of nitrogens with zero attached hydrogens (tertiary/aromatic N) is 2. The van der Waals surface area contributed by atoms with Crippen LogP contribution in [0.15, 0.2) is 102 Å². The largest absolute Gasteiger partial charge is 0.486 e. The van der Waals surface area contributed by atoms with E-state index in [0.29, 0.717) is 18.8 Å². The Bertz CT molecular complexity index is 1840. The van der Waals surface area contributed by atoms with Crippen LogP contribution in [0.2, 0.25) is 0 Å². The summed E-state index contributed by atoms with van der Waals surface area (Å²) in [6, 6.07) is 25.0. The number of benzene rings is 4. The molecule has 0 fully saturated rings. The second kappa shape index (κ2) is 15.3. The maximum Gasteiger partial charge on any atom is 0.264 e. The number of fused-ring (bicyclic) bond motifs is 1. The fraction of sp³-hybridized carbons (Fsp3) is 0.297. The van der Waals surface area contributed by atoms with E-state index in [1.165, 1.54) is 35.2 Å². The first-order valence-corrected chi connectivity index (χ1v) is 17.4. The molecule has 0 aliphatic carbocycles. The minimum atomic E-state index is -4.41. The fourth-order valence-electron chi connectivity index (χ4n) is 5.45. The predicted octanol–water partition coefficient (Wildman–Crippen LogP) is 5.66. The van der Waals surface area contributed by atoms with Crippen molar-refractivity contribution in [2.24, 2.45) is 0 Å². The van der Waals surface area contributed by atoms with E-state index in [2.05, 4.69) is 5.32 Å². The molecule has 1 aliphatic rings. The lowest BCUT2D eigenvalue weighted by atomic mass is 10.0. The quantitative estimate of drug-likeness (QED) is 0.197. The van der Waals surface area contributed by atoms with E-state index in [-0.39, 0.29) is 47.9 Å². The van der Waals surface area contributed by atoms with Crippen LogP contribution >= 0.6 is 0 Å². The molecule has 0 saturated carbocycles. The SMILES string of the molecule is CC[C@@H](C)NC(=O)[C@@H](Cc1ccccc1)N(Cc1cccc(C)c1)C(=O)CN(c1ccc(F)cc1)S(=O)(=O)c1ccc2c(c1)OCCO2. The predicted molar refractivity (Wildman–Crippen MR) is 182 cm³/mol. The Morgan fingerprint density at radius 3 is 2.25 bits per heavy atom. The van der Waals surface area contributed by atoms with Gasteiger partial charge in [0.1, 0.15) is 31.6 Å². The first-order chi connectivity index (χ1) is 23.0. The summed E-state index contributed by atoms with van der Waals surface area (Å²) in [5.41, 5.74) is 2.67. The minimum absolute atomic E-state index is 0.0489. The number of rotatable bonds is 13. The third-order valence-electron chi connectivity index (χ3n) is 8.20. The summed E-state index contributed by atoms with van der Waals surface area (Å²) < 4.78 is 54.8. The number of halogens is 1. The van der Waals surface area contributed by atoms with E-state index in [9.17, 15) is 22.4 Å². The highest BCUT2D eigenvalue weighted by Crippen LogP contribution is 2.34. The lowest BCUT2D eigenvalue weighted by molar-refractivity contribution is -0.140. The molecule has 4 aromatic carbocycles. The van der Waals surface area contributed by atoms with Crippen molar-refractivity contribution in [2.75, 3.05) is 24.1 Å². The summed E-state index contributed by atoms with van der Waals surface area (Å²) in [6.07, 6.45) is 0.883. The number of anilines is 1. The van der Waals surface area contributed by atoms with Crippen molar-refractivity contribution >= 4 is 27.5 Å². The molecular weight excluding hydrogens is 633 g/mol. The normalized spacial score (nSPS) is 13.7. The van der Waals surface area contributed by atoms with Crippen LogP contribution in [0.4, 0.5) is 10.1 Å². The van der Waals surface area contributed by atoms with Gasteiger partial charge >= 0.3 is 0 Å². The average Bonchev–Trinajstić information content (AvgIpc) is 3.09. The lowest BCUT2D eigenvalue weighted by Gasteiger charge is -2.34. The Morgan fingerprint density at radius 1 is 0.875 bits per heavy atom. The number of hydrogen-bond donors (Lipinski definition) is 1. The van der Waals surface area contributed by atoms with Gasteiger partial charge in [0.25, 0.3) is 10.0 Å². The highest BCUT2D eigenvalue weighted by atomic mass is 32.2. The molecule has 0 spiro atoms. The Kier molecular flexibility index (Phi) is 11.0. The number of nitrogens with one attached hydrogen (secondary N) is 1. The van der Waals surface area contributed by atoms with Gasteiger partial charge in [0.05, 0.1) is 10.6 Å². The van der Waals surface area contributed by atoms with Crippen LogP contribution < -0.4 is 19.1 Å². The van der Waals surface area contributed by atoms with Gasteiger partial charge in [-0.15, -0.1) is 0 Å². The number of hydrogen-bond acceptors (Lipinski definition) is 6. The second-order valence-electron chi connectivity index (χ2n) is 11.8.